The molecule has 0 bridgehead atoms. The topological polar surface area (TPSA) is 12.9 Å². The van der Waals surface area contributed by atoms with Gasteiger partial charge in [-0.1, -0.05) is 23.3 Å². The SMILES string of the molecule is CC(C)=Cc1ccnc(Cl)c1. The Kier molecular flexibility index (Phi) is 2.66. The minimum Gasteiger partial charge on any atom is -0.245 e. The predicted octanol–water partition coefficient (Wildman–Crippen LogP) is 3.16. The van der Waals surface area contributed by atoms with E-state index < -0.39 is 0 Å². The number of rotatable bonds is 1. The standard InChI is InChI=1S/C9H10ClN/c1-7(2)5-8-3-4-11-9(10)6-8/h3-6H,1-2H3. The van der Waals surface area contributed by atoms with Gasteiger partial charge < -0.3 is 0 Å². The van der Waals surface area contributed by atoms with Crippen LogP contribution in [0, 0.1) is 0 Å². The lowest BCUT2D eigenvalue weighted by molar-refractivity contribution is 1.31. The maximum absolute atomic E-state index is 5.69. The summed E-state index contributed by atoms with van der Waals surface area (Å²) in [6.45, 7) is 4.10. The van der Waals surface area contributed by atoms with Gasteiger partial charge in [-0.3, -0.25) is 0 Å². The van der Waals surface area contributed by atoms with Crippen LogP contribution in [0.5, 0.6) is 0 Å². The van der Waals surface area contributed by atoms with Crippen molar-refractivity contribution in [3.05, 3.63) is 34.6 Å². The van der Waals surface area contributed by atoms with Crippen LogP contribution in [0.25, 0.3) is 6.08 Å². The molecule has 0 fully saturated rings. The molecule has 0 aliphatic carbocycles. The first-order valence-electron chi connectivity index (χ1n) is 3.45. The van der Waals surface area contributed by atoms with Gasteiger partial charge in [0.25, 0.3) is 0 Å². The molecule has 0 saturated heterocycles. The molecule has 11 heavy (non-hydrogen) atoms. The molecule has 1 rings (SSSR count). The van der Waals surface area contributed by atoms with Gasteiger partial charge in [-0.2, -0.15) is 0 Å². The molecule has 58 valence electrons. The molecule has 1 aromatic rings. The first kappa shape index (κ1) is 8.28. The van der Waals surface area contributed by atoms with Crippen LogP contribution in [0.15, 0.2) is 23.9 Å². The highest BCUT2D eigenvalue weighted by atomic mass is 35.5. The van der Waals surface area contributed by atoms with Crippen molar-refractivity contribution in [3.8, 4) is 0 Å². The van der Waals surface area contributed by atoms with E-state index in [0.29, 0.717) is 5.15 Å². The highest BCUT2D eigenvalue weighted by Crippen LogP contribution is 2.10. The molecule has 0 amide bonds. The highest BCUT2D eigenvalue weighted by Gasteiger charge is 1.89. The van der Waals surface area contributed by atoms with Crippen LogP contribution in [0.4, 0.5) is 0 Å². The Bertz CT molecular complexity index is 275. The molecule has 2 heteroatoms. The van der Waals surface area contributed by atoms with Crippen LogP contribution in [-0.4, -0.2) is 4.98 Å². The lowest BCUT2D eigenvalue weighted by Crippen LogP contribution is -1.76. The Balaban J connectivity index is 2.97. The van der Waals surface area contributed by atoms with Crippen molar-refractivity contribution >= 4 is 17.7 Å². The van der Waals surface area contributed by atoms with Gasteiger partial charge in [0.05, 0.1) is 0 Å². The lowest BCUT2D eigenvalue weighted by Gasteiger charge is -1.93. The number of hydrogen-bond donors (Lipinski definition) is 0. The zero-order valence-corrected chi connectivity index (χ0v) is 7.39. The first-order valence-corrected chi connectivity index (χ1v) is 3.83. The summed E-state index contributed by atoms with van der Waals surface area (Å²) >= 11 is 5.69. The number of nitrogens with zero attached hydrogens (tertiary/aromatic N) is 1. The van der Waals surface area contributed by atoms with Crippen LogP contribution in [-0.2, 0) is 0 Å². The van der Waals surface area contributed by atoms with Crippen molar-refractivity contribution in [1.82, 2.24) is 4.98 Å². The summed E-state index contributed by atoms with van der Waals surface area (Å²) in [7, 11) is 0. The molecule has 1 aromatic heterocycles. The second kappa shape index (κ2) is 3.54. The van der Waals surface area contributed by atoms with Gasteiger partial charge in [-0.05, 0) is 31.5 Å². The van der Waals surface area contributed by atoms with E-state index in [2.05, 4.69) is 11.1 Å². The molecule has 0 aliphatic heterocycles. The number of pyridine rings is 1. The Hall–Kier alpha value is -0.820. The smallest absolute Gasteiger partial charge is 0.129 e. The van der Waals surface area contributed by atoms with E-state index in [1.165, 1.54) is 5.57 Å². The lowest BCUT2D eigenvalue weighted by atomic mass is 10.2. The molecule has 0 N–H and O–H groups in total. The average Bonchev–Trinajstić information content (AvgIpc) is 1.85. The fourth-order valence-corrected chi connectivity index (χ4v) is 1.02. The monoisotopic (exact) mass is 167 g/mol. The normalized spacial score (nSPS) is 9.36. The summed E-state index contributed by atoms with van der Waals surface area (Å²) in [6.07, 6.45) is 3.77. The van der Waals surface area contributed by atoms with E-state index >= 15 is 0 Å². The molecule has 1 nitrogen and oxygen atoms in total. The zero-order chi connectivity index (χ0) is 8.27. The van der Waals surface area contributed by atoms with Crippen molar-refractivity contribution in [2.24, 2.45) is 0 Å². The van der Waals surface area contributed by atoms with Crippen molar-refractivity contribution in [3.63, 3.8) is 0 Å². The summed E-state index contributed by atoms with van der Waals surface area (Å²) in [4.78, 5) is 3.88. The van der Waals surface area contributed by atoms with Gasteiger partial charge >= 0.3 is 0 Å². The Morgan fingerprint density at radius 2 is 2.27 bits per heavy atom. The summed E-state index contributed by atoms with van der Waals surface area (Å²) in [6, 6.07) is 3.77. The molecule has 1 heterocycles. The van der Waals surface area contributed by atoms with E-state index in [-0.39, 0.29) is 0 Å². The third-order valence-corrected chi connectivity index (χ3v) is 1.41. The number of aromatic nitrogens is 1. The van der Waals surface area contributed by atoms with E-state index in [1.807, 2.05) is 26.0 Å². The van der Waals surface area contributed by atoms with Gasteiger partial charge in [0.1, 0.15) is 5.15 Å². The minimum absolute atomic E-state index is 0.542. The number of allylic oxidation sites excluding steroid dienone is 1. The van der Waals surface area contributed by atoms with E-state index in [4.69, 9.17) is 11.6 Å². The highest BCUT2D eigenvalue weighted by molar-refractivity contribution is 6.29. The molecule has 0 atom stereocenters. The number of hydrogen-bond acceptors (Lipinski definition) is 1. The predicted molar refractivity (Wildman–Crippen MR) is 48.6 cm³/mol. The molecule has 0 saturated carbocycles. The molecular formula is C9H10ClN. The summed E-state index contributed by atoms with van der Waals surface area (Å²) in [5.41, 5.74) is 2.36. The van der Waals surface area contributed by atoms with E-state index in [9.17, 15) is 0 Å². The van der Waals surface area contributed by atoms with Crippen molar-refractivity contribution in [1.29, 1.82) is 0 Å². The number of halogens is 1. The van der Waals surface area contributed by atoms with E-state index in [0.717, 1.165) is 5.56 Å². The fourth-order valence-electron chi connectivity index (χ4n) is 0.841. The maximum atomic E-state index is 5.69. The third-order valence-electron chi connectivity index (χ3n) is 1.21. The largest absolute Gasteiger partial charge is 0.245 e. The Morgan fingerprint density at radius 3 is 2.82 bits per heavy atom. The summed E-state index contributed by atoms with van der Waals surface area (Å²) in [5.74, 6) is 0. The Labute approximate surface area is 71.7 Å². The van der Waals surface area contributed by atoms with Gasteiger partial charge in [0.15, 0.2) is 0 Å². The maximum Gasteiger partial charge on any atom is 0.129 e. The average molecular weight is 168 g/mol. The molecule has 0 aliphatic rings. The summed E-state index contributed by atoms with van der Waals surface area (Å²) in [5, 5.41) is 0.542. The summed E-state index contributed by atoms with van der Waals surface area (Å²) < 4.78 is 0. The van der Waals surface area contributed by atoms with Crippen LogP contribution < -0.4 is 0 Å². The molecule has 0 unspecified atom stereocenters. The van der Waals surface area contributed by atoms with Crippen LogP contribution >= 0.6 is 11.6 Å². The zero-order valence-electron chi connectivity index (χ0n) is 6.63. The molecular weight excluding hydrogens is 158 g/mol. The van der Waals surface area contributed by atoms with Gasteiger partial charge in [-0.25, -0.2) is 4.98 Å². The van der Waals surface area contributed by atoms with Gasteiger partial charge in [0, 0.05) is 6.20 Å². The van der Waals surface area contributed by atoms with Crippen LogP contribution in [0.3, 0.4) is 0 Å². The third kappa shape index (κ3) is 2.72. The van der Waals surface area contributed by atoms with Crippen LogP contribution in [0.2, 0.25) is 5.15 Å². The van der Waals surface area contributed by atoms with E-state index in [1.54, 1.807) is 6.20 Å². The molecule has 0 spiro atoms. The first-order chi connectivity index (χ1) is 5.18. The van der Waals surface area contributed by atoms with Crippen molar-refractivity contribution in [2.45, 2.75) is 13.8 Å². The Morgan fingerprint density at radius 1 is 1.55 bits per heavy atom. The molecule has 0 radical (unpaired) electrons. The minimum atomic E-state index is 0.542. The van der Waals surface area contributed by atoms with Gasteiger partial charge in [0.2, 0.25) is 0 Å². The van der Waals surface area contributed by atoms with Crippen molar-refractivity contribution < 1.29 is 0 Å². The second-order valence-electron chi connectivity index (χ2n) is 2.63. The van der Waals surface area contributed by atoms with Gasteiger partial charge in [-0.15, -0.1) is 0 Å². The fraction of sp³-hybridized carbons (Fsp3) is 0.222. The van der Waals surface area contributed by atoms with Crippen LogP contribution in [0.1, 0.15) is 19.4 Å². The molecule has 0 aromatic carbocycles. The quantitative estimate of drug-likeness (QED) is 0.586. The van der Waals surface area contributed by atoms with Crippen molar-refractivity contribution in [2.75, 3.05) is 0 Å². The second-order valence-corrected chi connectivity index (χ2v) is 3.02.